The maximum Gasteiger partial charge on any atom is 0.142 e. The van der Waals surface area contributed by atoms with E-state index in [0.717, 1.165) is 37.0 Å². The van der Waals surface area contributed by atoms with Gasteiger partial charge in [0.2, 0.25) is 0 Å². The van der Waals surface area contributed by atoms with Crippen LogP contribution < -0.4 is 5.32 Å². The van der Waals surface area contributed by atoms with E-state index in [2.05, 4.69) is 20.9 Å². The van der Waals surface area contributed by atoms with Crippen LogP contribution in [-0.2, 0) is 7.05 Å². The van der Waals surface area contributed by atoms with Gasteiger partial charge in [-0.2, -0.15) is 0 Å². The SMILES string of the molecule is Cl.Cl.Cn1c(C2CCNCC2)cc2cc(F)cnc21. The first kappa shape index (κ1) is 16.2. The van der Waals surface area contributed by atoms with Crippen LogP contribution in [0.2, 0.25) is 0 Å². The first-order valence-electron chi connectivity index (χ1n) is 6.07. The van der Waals surface area contributed by atoms with Gasteiger partial charge in [0.1, 0.15) is 11.5 Å². The minimum atomic E-state index is -0.264. The van der Waals surface area contributed by atoms with Crippen LogP contribution in [0.5, 0.6) is 0 Å². The highest BCUT2D eigenvalue weighted by molar-refractivity contribution is 5.85. The second-order valence-corrected chi connectivity index (χ2v) is 4.72. The molecule has 1 aliphatic rings. The zero-order valence-corrected chi connectivity index (χ0v) is 12.4. The van der Waals surface area contributed by atoms with Crippen molar-refractivity contribution in [1.29, 1.82) is 0 Å². The van der Waals surface area contributed by atoms with Gasteiger partial charge in [-0.15, -0.1) is 24.8 Å². The van der Waals surface area contributed by atoms with E-state index in [9.17, 15) is 4.39 Å². The van der Waals surface area contributed by atoms with Crippen molar-refractivity contribution in [3.8, 4) is 0 Å². The Bertz CT molecular complexity index is 550. The summed E-state index contributed by atoms with van der Waals surface area (Å²) in [5.41, 5.74) is 2.15. The molecule has 106 valence electrons. The zero-order chi connectivity index (χ0) is 11.8. The number of piperidine rings is 1. The Balaban J connectivity index is 0.000000902. The van der Waals surface area contributed by atoms with Gasteiger partial charge in [-0.1, -0.05) is 0 Å². The summed E-state index contributed by atoms with van der Waals surface area (Å²) < 4.78 is 15.2. The Morgan fingerprint density at radius 1 is 1.26 bits per heavy atom. The van der Waals surface area contributed by atoms with Crippen LogP contribution in [0.25, 0.3) is 11.0 Å². The van der Waals surface area contributed by atoms with E-state index >= 15 is 0 Å². The summed E-state index contributed by atoms with van der Waals surface area (Å²) in [4.78, 5) is 4.17. The molecule has 0 saturated carbocycles. The van der Waals surface area contributed by atoms with Crippen molar-refractivity contribution >= 4 is 35.8 Å². The van der Waals surface area contributed by atoms with Crippen molar-refractivity contribution in [3.63, 3.8) is 0 Å². The van der Waals surface area contributed by atoms with Gasteiger partial charge in [0.25, 0.3) is 0 Å². The lowest BCUT2D eigenvalue weighted by Crippen LogP contribution is -2.27. The zero-order valence-electron chi connectivity index (χ0n) is 10.7. The summed E-state index contributed by atoms with van der Waals surface area (Å²) in [6.07, 6.45) is 3.58. The molecule has 0 atom stereocenters. The number of nitrogens with one attached hydrogen (secondary N) is 1. The summed E-state index contributed by atoms with van der Waals surface area (Å²) >= 11 is 0. The average molecular weight is 306 g/mol. The van der Waals surface area contributed by atoms with Gasteiger partial charge in [0, 0.05) is 24.0 Å². The summed E-state index contributed by atoms with van der Waals surface area (Å²) in [5.74, 6) is 0.304. The number of hydrogen-bond donors (Lipinski definition) is 1. The standard InChI is InChI=1S/C13H16FN3.2ClH/c1-17-12(9-2-4-15-5-3-9)7-10-6-11(14)8-16-13(10)17;;/h6-9,15H,2-5H2,1H3;2*1H. The monoisotopic (exact) mass is 305 g/mol. The predicted octanol–water partition coefficient (Wildman–Crippen LogP) is 3.02. The van der Waals surface area contributed by atoms with Crippen LogP contribution in [0, 0.1) is 5.82 Å². The van der Waals surface area contributed by atoms with Gasteiger partial charge in [-0.25, -0.2) is 9.37 Å². The van der Waals surface area contributed by atoms with E-state index in [1.165, 1.54) is 11.9 Å². The Morgan fingerprint density at radius 3 is 2.63 bits per heavy atom. The first-order valence-corrected chi connectivity index (χ1v) is 6.07. The second kappa shape index (κ2) is 6.55. The molecule has 3 heterocycles. The van der Waals surface area contributed by atoms with E-state index < -0.39 is 0 Å². The molecule has 1 saturated heterocycles. The molecule has 19 heavy (non-hydrogen) atoms. The molecule has 0 radical (unpaired) electrons. The number of fused-ring (bicyclic) bond motifs is 1. The lowest BCUT2D eigenvalue weighted by Gasteiger charge is -2.23. The van der Waals surface area contributed by atoms with E-state index in [1.807, 2.05) is 7.05 Å². The summed E-state index contributed by atoms with van der Waals surface area (Å²) in [6.45, 7) is 2.13. The fourth-order valence-electron chi connectivity index (χ4n) is 2.72. The van der Waals surface area contributed by atoms with Crippen LogP contribution in [0.1, 0.15) is 24.5 Å². The molecule has 2 aromatic heterocycles. The van der Waals surface area contributed by atoms with Crippen LogP contribution >= 0.6 is 24.8 Å². The van der Waals surface area contributed by atoms with Crippen molar-refractivity contribution in [3.05, 3.63) is 29.8 Å². The second-order valence-electron chi connectivity index (χ2n) is 4.72. The summed E-state index contributed by atoms with van der Waals surface area (Å²) in [7, 11) is 2.02. The molecular formula is C13H18Cl2FN3. The molecule has 0 unspecified atom stereocenters. The maximum atomic E-state index is 13.1. The van der Waals surface area contributed by atoms with Crippen molar-refractivity contribution < 1.29 is 4.39 Å². The van der Waals surface area contributed by atoms with E-state index in [4.69, 9.17) is 0 Å². The highest BCUT2D eigenvalue weighted by Gasteiger charge is 2.19. The molecule has 1 aliphatic heterocycles. The third kappa shape index (κ3) is 3.02. The Morgan fingerprint density at radius 2 is 1.95 bits per heavy atom. The first-order chi connectivity index (χ1) is 8.25. The number of halogens is 3. The average Bonchev–Trinajstić information content (AvgIpc) is 2.67. The third-order valence-electron chi connectivity index (χ3n) is 3.63. The minimum Gasteiger partial charge on any atom is -0.332 e. The number of rotatable bonds is 1. The van der Waals surface area contributed by atoms with Crippen molar-refractivity contribution in [2.24, 2.45) is 7.05 Å². The number of nitrogens with zero attached hydrogens (tertiary/aromatic N) is 2. The molecule has 3 rings (SSSR count). The normalized spacial score (nSPS) is 15.9. The topological polar surface area (TPSA) is 29.9 Å². The number of pyridine rings is 1. The Labute approximate surface area is 124 Å². The molecule has 0 spiro atoms. The highest BCUT2D eigenvalue weighted by atomic mass is 35.5. The number of aryl methyl sites for hydroxylation is 1. The van der Waals surface area contributed by atoms with E-state index in [-0.39, 0.29) is 30.6 Å². The Hall–Kier alpha value is -0.840. The fraction of sp³-hybridized carbons (Fsp3) is 0.462. The van der Waals surface area contributed by atoms with Crippen LogP contribution in [-0.4, -0.2) is 22.6 Å². The van der Waals surface area contributed by atoms with E-state index in [1.54, 1.807) is 6.07 Å². The molecule has 0 aliphatic carbocycles. The van der Waals surface area contributed by atoms with Gasteiger partial charge >= 0.3 is 0 Å². The minimum absolute atomic E-state index is 0. The van der Waals surface area contributed by atoms with Gasteiger partial charge < -0.3 is 9.88 Å². The summed E-state index contributed by atoms with van der Waals surface area (Å²) in [5, 5.41) is 4.27. The van der Waals surface area contributed by atoms with Gasteiger partial charge in [-0.05, 0) is 38.1 Å². The van der Waals surface area contributed by atoms with Gasteiger partial charge in [0.15, 0.2) is 0 Å². The molecule has 0 aromatic carbocycles. The molecule has 1 N–H and O–H groups in total. The number of aromatic nitrogens is 2. The van der Waals surface area contributed by atoms with Gasteiger partial charge in [0.05, 0.1) is 6.20 Å². The molecular weight excluding hydrogens is 288 g/mol. The molecule has 2 aromatic rings. The lowest BCUT2D eigenvalue weighted by molar-refractivity contribution is 0.446. The fourth-order valence-corrected chi connectivity index (χ4v) is 2.72. The van der Waals surface area contributed by atoms with Crippen LogP contribution in [0.4, 0.5) is 4.39 Å². The third-order valence-corrected chi connectivity index (χ3v) is 3.63. The van der Waals surface area contributed by atoms with Crippen molar-refractivity contribution in [1.82, 2.24) is 14.9 Å². The predicted molar refractivity (Wildman–Crippen MR) is 80.0 cm³/mol. The molecule has 0 bridgehead atoms. The molecule has 3 nitrogen and oxygen atoms in total. The van der Waals surface area contributed by atoms with Crippen LogP contribution in [0.15, 0.2) is 18.3 Å². The quantitative estimate of drug-likeness (QED) is 0.878. The molecule has 6 heteroatoms. The van der Waals surface area contributed by atoms with Crippen LogP contribution in [0.3, 0.4) is 0 Å². The highest BCUT2D eigenvalue weighted by Crippen LogP contribution is 2.29. The van der Waals surface area contributed by atoms with Crippen molar-refractivity contribution in [2.75, 3.05) is 13.1 Å². The Kier molecular flexibility index (Phi) is 5.59. The molecule has 0 amide bonds. The lowest BCUT2D eigenvalue weighted by atomic mass is 9.94. The van der Waals surface area contributed by atoms with Gasteiger partial charge in [-0.3, -0.25) is 0 Å². The largest absolute Gasteiger partial charge is 0.332 e. The van der Waals surface area contributed by atoms with Crippen molar-refractivity contribution in [2.45, 2.75) is 18.8 Å². The maximum absolute atomic E-state index is 13.1. The smallest absolute Gasteiger partial charge is 0.142 e. The summed E-state index contributed by atoms with van der Waals surface area (Å²) in [6, 6.07) is 3.65. The molecule has 1 fully saturated rings. The van der Waals surface area contributed by atoms with E-state index in [0.29, 0.717) is 5.92 Å². The number of hydrogen-bond acceptors (Lipinski definition) is 2.